The lowest BCUT2D eigenvalue weighted by Crippen LogP contribution is -2.06. The van der Waals surface area contributed by atoms with Crippen LogP contribution in [0.25, 0.3) is 11.4 Å². The van der Waals surface area contributed by atoms with Crippen LogP contribution in [0.3, 0.4) is 0 Å². The van der Waals surface area contributed by atoms with E-state index in [1.54, 1.807) is 20.1 Å². The topological polar surface area (TPSA) is 83.1 Å². The molecular weight excluding hydrogens is 436 g/mol. The van der Waals surface area contributed by atoms with Crippen molar-refractivity contribution >= 4 is 17.4 Å². The number of benzene rings is 3. The zero-order valence-electron chi connectivity index (χ0n) is 18.5. The van der Waals surface area contributed by atoms with Gasteiger partial charge in [-0.3, -0.25) is 10.1 Å². The lowest BCUT2D eigenvalue weighted by molar-refractivity contribution is -0.385. The van der Waals surface area contributed by atoms with Gasteiger partial charge < -0.3 is 9.30 Å². The molecule has 4 aromatic rings. The molecule has 168 valence electrons. The average Bonchev–Trinajstić information content (AvgIpc) is 3.25. The summed E-state index contributed by atoms with van der Waals surface area (Å²) in [5, 5.41) is 21.0. The van der Waals surface area contributed by atoms with E-state index in [-0.39, 0.29) is 10.6 Å². The van der Waals surface area contributed by atoms with Crippen molar-refractivity contribution in [1.82, 2.24) is 14.8 Å². The molecule has 1 aromatic heterocycles. The predicted molar refractivity (Wildman–Crippen MR) is 130 cm³/mol. The number of nitro groups is 1. The van der Waals surface area contributed by atoms with Crippen LogP contribution in [0.4, 0.5) is 5.69 Å². The zero-order chi connectivity index (χ0) is 23.2. The van der Waals surface area contributed by atoms with E-state index in [1.165, 1.54) is 23.4 Å². The van der Waals surface area contributed by atoms with Crippen LogP contribution in [0, 0.1) is 17.0 Å². The summed E-state index contributed by atoms with van der Waals surface area (Å²) in [5.41, 5.74) is 3.82. The van der Waals surface area contributed by atoms with Gasteiger partial charge in [0.15, 0.2) is 11.0 Å². The average molecular weight is 461 g/mol. The number of hydrogen-bond acceptors (Lipinski definition) is 6. The summed E-state index contributed by atoms with van der Waals surface area (Å²) in [6.45, 7) is 2.48. The van der Waals surface area contributed by atoms with Gasteiger partial charge in [0.05, 0.1) is 17.6 Å². The van der Waals surface area contributed by atoms with Gasteiger partial charge in [0.2, 0.25) is 0 Å². The molecule has 0 bridgehead atoms. The fourth-order valence-electron chi connectivity index (χ4n) is 3.68. The Kier molecular flexibility index (Phi) is 7.04. The predicted octanol–water partition coefficient (Wildman–Crippen LogP) is 5.71. The maximum atomic E-state index is 11.3. The highest BCUT2D eigenvalue weighted by Gasteiger charge is 2.19. The highest BCUT2D eigenvalue weighted by atomic mass is 32.2. The Bertz CT molecular complexity index is 1260. The highest BCUT2D eigenvalue weighted by Crippen LogP contribution is 2.33. The lowest BCUT2D eigenvalue weighted by Gasteiger charge is -2.13. The first-order valence-electron chi connectivity index (χ1n) is 10.5. The molecule has 8 heteroatoms. The van der Waals surface area contributed by atoms with E-state index >= 15 is 0 Å². The molecule has 0 spiro atoms. The normalized spacial score (nSPS) is 10.8. The summed E-state index contributed by atoms with van der Waals surface area (Å²) >= 11 is 1.52. The van der Waals surface area contributed by atoms with Gasteiger partial charge in [0, 0.05) is 23.9 Å². The fourth-order valence-corrected chi connectivity index (χ4v) is 4.71. The third-order valence-corrected chi connectivity index (χ3v) is 6.52. The number of thioether (sulfide) groups is 1. The molecule has 1 heterocycles. The highest BCUT2D eigenvalue weighted by molar-refractivity contribution is 7.98. The molecule has 3 aromatic carbocycles. The Morgan fingerprint density at radius 3 is 2.52 bits per heavy atom. The molecule has 7 nitrogen and oxygen atoms in total. The summed E-state index contributed by atoms with van der Waals surface area (Å²) < 4.78 is 7.66. The third-order valence-electron chi connectivity index (χ3n) is 5.50. The number of methoxy groups -OCH3 is 1. The minimum absolute atomic E-state index is 0.133. The molecule has 0 unspecified atom stereocenters. The summed E-state index contributed by atoms with van der Waals surface area (Å²) in [7, 11) is 1.64. The number of ether oxygens (including phenoxy) is 1. The van der Waals surface area contributed by atoms with E-state index in [0.29, 0.717) is 17.9 Å². The van der Waals surface area contributed by atoms with Gasteiger partial charge in [-0.05, 0) is 36.6 Å². The molecule has 33 heavy (non-hydrogen) atoms. The second-order valence-corrected chi connectivity index (χ2v) is 8.44. The molecule has 0 saturated carbocycles. The van der Waals surface area contributed by atoms with Crippen LogP contribution in [0.1, 0.15) is 16.7 Å². The molecule has 0 aliphatic heterocycles. The molecule has 0 atom stereocenters. The zero-order valence-corrected chi connectivity index (χ0v) is 19.3. The Hall–Kier alpha value is -3.65. The van der Waals surface area contributed by atoms with Gasteiger partial charge in [0.1, 0.15) is 5.75 Å². The first-order chi connectivity index (χ1) is 16.1. The molecule has 0 saturated heterocycles. The number of aryl methyl sites for hydroxylation is 1. The Balaban J connectivity index is 1.65. The number of nitrogens with zero attached hydrogens (tertiary/aromatic N) is 4. The summed E-state index contributed by atoms with van der Waals surface area (Å²) in [4.78, 5) is 11.0. The molecule has 4 rings (SSSR count). The smallest absolute Gasteiger partial charge is 0.272 e. The van der Waals surface area contributed by atoms with Crippen LogP contribution in [-0.4, -0.2) is 26.8 Å². The Labute approximate surface area is 196 Å². The first-order valence-corrected chi connectivity index (χ1v) is 11.5. The van der Waals surface area contributed by atoms with Crippen LogP contribution in [0.5, 0.6) is 5.75 Å². The van der Waals surface area contributed by atoms with Crippen molar-refractivity contribution in [1.29, 1.82) is 0 Å². The van der Waals surface area contributed by atoms with Crippen molar-refractivity contribution < 1.29 is 9.66 Å². The van der Waals surface area contributed by atoms with Crippen molar-refractivity contribution in [3.63, 3.8) is 0 Å². The Morgan fingerprint density at radius 1 is 1.00 bits per heavy atom. The van der Waals surface area contributed by atoms with E-state index in [0.717, 1.165) is 34.3 Å². The molecule has 0 N–H and O–H groups in total. The van der Waals surface area contributed by atoms with Crippen molar-refractivity contribution in [2.45, 2.75) is 30.8 Å². The van der Waals surface area contributed by atoms with Crippen LogP contribution in [0.15, 0.2) is 78.0 Å². The second kappa shape index (κ2) is 10.3. The molecule has 0 aliphatic carbocycles. The van der Waals surface area contributed by atoms with Crippen molar-refractivity contribution in [3.8, 4) is 17.1 Å². The van der Waals surface area contributed by atoms with Gasteiger partial charge >= 0.3 is 0 Å². The van der Waals surface area contributed by atoms with E-state index < -0.39 is 0 Å². The van der Waals surface area contributed by atoms with Gasteiger partial charge in [-0.1, -0.05) is 66.4 Å². The third kappa shape index (κ3) is 5.06. The van der Waals surface area contributed by atoms with Crippen LogP contribution in [0.2, 0.25) is 0 Å². The van der Waals surface area contributed by atoms with E-state index in [2.05, 4.69) is 26.9 Å². The summed E-state index contributed by atoms with van der Waals surface area (Å²) in [5.74, 6) is 2.03. The van der Waals surface area contributed by atoms with Gasteiger partial charge in [-0.25, -0.2) is 0 Å². The van der Waals surface area contributed by atoms with Crippen LogP contribution in [-0.2, 0) is 18.7 Å². The number of hydrogen-bond donors (Lipinski definition) is 0. The molecule has 0 fully saturated rings. The summed E-state index contributed by atoms with van der Waals surface area (Å²) in [6, 6.07) is 23.2. The SMILES string of the molecule is COc1ccccc1-c1nnc(SCc2cccc([N+](=O)[O-])c2C)n1CCc1ccccc1. The quantitative estimate of drug-likeness (QED) is 0.181. The van der Waals surface area contributed by atoms with Gasteiger partial charge in [-0.2, -0.15) is 0 Å². The number of nitro benzene ring substituents is 1. The monoisotopic (exact) mass is 460 g/mol. The second-order valence-electron chi connectivity index (χ2n) is 7.50. The maximum absolute atomic E-state index is 11.3. The maximum Gasteiger partial charge on any atom is 0.272 e. The first kappa shape index (κ1) is 22.5. The molecule has 0 radical (unpaired) electrons. The van der Waals surface area contributed by atoms with Crippen LogP contribution < -0.4 is 4.74 Å². The molecule has 0 aliphatic rings. The minimum atomic E-state index is -0.342. The minimum Gasteiger partial charge on any atom is -0.496 e. The summed E-state index contributed by atoms with van der Waals surface area (Å²) in [6.07, 6.45) is 0.824. The van der Waals surface area contributed by atoms with E-state index in [4.69, 9.17) is 4.74 Å². The van der Waals surface area contributed by atoms with Crippen molar-refractivity contribution in [2.75, 3.05) is 7.11 Å². The van der Waals surface area contributed by atoms with Gasteiger partial charge in [-0.15, -0.1) is 10.2 Å². The van der Waals surface area contributed by atoms with Crippen LogP contribution >= 0.6 is 11.8 Å². The fraction of sp³-hybridized carbons (Fsp3) is 0.200. The van der Waals surface area contributed by atoms with E-state index in [9.17, 15) is 10.1 Å². The lowest BCUT2D eigenvalue weighted by atomic mass is 10.1. The van der Waals surface area contributed by atoms with Crippen molar-refractivity contribution in [2.24, 2.45) is 0 Å². The Morgan fingerprint density at radius 2 is 1.76 bits per heavy atom. The standard InChI is InChI=1S/C25H24N4O3S/c1-18-20(11-8-13-22(18)29(30)31)17-33-25-27-26-24(21-12-6-7-14-23(21)32-2)28(25)16-15-19-9-4-3-5-10-19/h3-14H,15-17H2,1-2H3. The van der Waals surface area contributed by atoms with E-state index in [1.807, 2.05) is 48.5 Å². The number of para-hydroxylation sites is 1. The molecule has 0 amide bonds. The van der Waals surface area contributed by atoms with Gasteiger partial charge in [0.25, 0.3) is 5.69 Å². The largest absolute Gasteiger partial charge is 0.496 e. The number of aromatic nitrogens is 3. The number of rotatable bonds is 9. The van der Waals surface area contributed by atoms with Crippen molar-refractivity contribution in [3.05, 3.63) is 99.6 Å². The molecular formula is C25H24N4O3S.